The zero-order valence-electron chi connectivity index (χ0n) is 15.6. The monoisotopic (exact) mass is 396 g/mol. The van der Waals surface area contributed by atoms with Gasteiger partial charge in [0.25, 0.3) is 5.91 Å². The Labute approximate surface area is 168 Å². The summed E-state index contributed by atoms with van der Waals surface area (Å²) in [6, 6.07) is 13.2. The average molecular weight is 397 g/mol. The third-order valence-corrected chi connectivity index (χ3v) is 5.31. The highest BCUT2D eigenvalue weighted by atomic mass is 35.5. The molecule has 0 saturated carbocycles. The van der Waals surface area contributed by atoms with Crippen LogP contribution in [0.4, 0.5) is 5.82 Å². The standard InChI is InChI=1S/C21H21ClN4O2/c1-15-12-16(6-7-17(15)22)28-14-21(27)26-10-8-25(9-11-26)20-13-23-18-4-2-3-5-19(18)24-20/h2-7,12-13H,8-11,14H2,1H3. The highest BCUT2D eigenvalue weighted by Gasteiger charge is 2.22. The Morgan fingerprint density at radius 1 is 1.11 bits per heavy atom. The van der Waals surface area contributed by atoms with Gasteiger partial charge in [-0.2, -0.15) is 0 Å². The number of anilines is 1. The quantitative estimate of drug-likeness (QED) is 0.677. The fourth-order valence-electron chi connectivity index (χ4n) is 3.23. The number of carbonyl (C=O) groups excluding carboxylic acids is 1. The maximum atomic E-state index is 12.5. The van der Waals surface area contributed by atoms with Crippen LogP contribution in [0.3, 0.4) is 0 Å². The number of halogens is 1. The molecule has 0 atom stereocenters. The van der Waals surface area contributed by atoms with Crippen molar-refractivity contribution in [1.82, 2.24) is 14.9 Å². The molecule has 1 saturated heterocycles. The Kier molecular flexibility index (Phi) is 5.30. The third kappa shape index (κ3) is 4.02. The van der Waals surface area contributed by atoms with Gasteiger partial charge in [0.15, 0.2) is 6.61 Å². The van der Waals surface area contributed by atoms with E-state index in [1.807, 2.05) is 42.2 Å². The molecule has 7 heteroatoms. The molecule has 1 aromatic heterocycles. The fraction of sp³-hybridized carbons (Fsp3) is 0.286. The third-order valence-electron chi connectivity index (χ3n) is 4.88. The summed E-state index contributed by atoms with van der Waals surface area (Å²) in [5.41, 5.74) is 2.69. The first-order chi connectivity index (χ1) is 13.6. The summed E-state index contributed by atoms with van der Waals surface area (Å²) in [5, 5.41) is 0.687. The molecule has 4 rings (SSSR count). The van der Waals surface area contributed by atoms with Gasteiger partial charge in [0, 0.05) is 31.2 Å². The van der Waals surface area contributed by atoms with E-state index in [1.165, 1.54) is 0 Å². The minimum Gasteiger partial charge on any atom is -0.484 e. The second-order valence-electron chi connectivity index (χ2n) is 6.78. The second-order valence-corrected chi connectivity index (χ2v) is 7.19. The number of hydrogen-bond acceptors (Lipinski definition) is 5. The van der Waals surface area contributed by atoms with E-state index in [1.54, 1.807) is 18.3 Å². The summed E-state index contributed by atoms with van der Waals surface area (Å²) < 4.78 is 5.63. The maximum absolute atomic E-state index is 12.5. The van der Waals surface area contributed by atoms with Crippen LogP contribution in [0.25, 0.3) is 11.0 Å². The number of rotatable bonds is 4. The highest BCUT2D eigenvalue weighted by molar-refractivity contribution is 6.31. The predicted molar refractivity (Wildman–Crippen MR) is 110 cm³/mol. The topological polar surface area (TPSA) is 58.6 Å². The van der Waals surface area contributed by atoms with Crippen molar-refractivity contribution < 1.29 is 9.53 Å². The Morgan fingerprint density at radius 3 is 2.61 bits per heavy atom. The van der Waals surface area contributed by atoms with Gasteiger partial charge in [0.1, 0.15) is 11.6 Å². The molecule has 2 heterocycles. The predicted octanol–water partition coefficient (Wildman–Crippen LogP) is 3.32. The number of carbonyl (C=O) groups is 1. The van der Waals surface area contributed by atoms with Crippen LogP contribution in [0.15, 0.2) is 48.7 Å². The van der Waals surface area contributed by atoms with E-state index in [2.05, 4.69) is 14.9 Å². The number of aromatic nitrogens is 2. The van der Waals surface area contributed by atoms with Crippen LogP contribution < -0.4 is 9.64 Å². The summed E-state index contributed by atoms with van der Waals surface area (Å²) in [7, 11) is 0. The lowest BCUT2D eigenvalue weighted by Gasteiger charge is -2.35. The van der Waals surface area contributed by atoms with Crippen molar-refractivity contribution >= 4 is 34.4 Å². The van der Waals surface area contributed by atoms with Gasteiger partial charge in [-0.3, -0.25) is 9.78 Å². The molecule has 0 bridgehead atoms. The SMILES string of the molecule is Cc1cc(OCC(=O)N2CCN(c3cnc4ccccc4n3)CC2)ccc1Cl. The molecular weight excluding hydrogens is 376 g/mol. The number of benzene rings is 2. The van der Waals surface area contributed by atoms with Crippen LogP contribution in [-0.4, -0.2) is 53.6 Å². The van der Waals surface area contributed by atoms with Gasteiger partial charge in [0.2, 0.25) is 0 Å². The maximum Gasteiger partial charge on any atom is 0.260 e. The summed E-state index contributed by atoms with van der Waals surface area (Å²) >= 11 is 6.02. The minimum absolute atomic E-state index is 0.0168. The van der Waals surface area contributed by atoms with Gasteiger partial charge in [0.05, 0.1) is 17.2 Å². The Hall–Kier alpha value is -2.86. The molecule has 28 heavy (non-hydrogen) atoms. The van der Waals surface area contributed by atoms with E-state index >= 15 is 0 Å². The molecule has 3 aromatic rings. The van der Waals surface area contributed by atoms with Crippen molar-refractivity contribution in [2.45, 2.75) is 6.92 Å². The van der Waals surface area contributed by atoms with Gasteiger partial charge < -0.3 is 14.5 Å². The molecule has 1 fully saturated rings. The van der Waals surface area contributed by atoms with Crippen LogP contribution in [0.2, 0.25) is 5.02 Å². The van der Waals surface area contributed by atoms with Crippen LogP contribution in [0, 0.1) is 6.92 Å². The molecule has 0 radical (unpaired) electrons. The summed E-state index contributed by atoms with van der Waals surface area (Å²) in [6.45, 7) is 4.65. The number of piperazine rings is 1. The van der Waals surface area contributed by atoms with Gasteiger partial charge in [-0.1, -0.05) is 23.7 Å². The number of nitrogens with zero attached hydrogens (tertiary/aromatic N) is 4. The van der Waals surface area contributed by atoms with Crippen LogP contribution in [0.1, 0.15) is 5.56 Å². The summed E-state index contributed by atoms with van der Waals surface area (Å²) in [6.07, 6.45) is 1.80. The smallest absolute Gasteiger partial charge is 0.260 e. The van der Waals surface area contributed by atoms with Gasteiger partial charge in [-0.05, 0) is 42.8 Å². The highest BCUT2D eigenvalue weighted by Crippen LogP contribution is 2.21. The molecule has 144 valence electrons. The Bertz CT molecular complexity index is 1000. The van der Waals surface area contributed by atoms with Gasteiger partial charge in [-0.25, -0.2) is 4.98 Å². The molecule has 1 amide bonds. The Morgan fingerprint density at radius 2 is 1.86 bits per heavy atom. The molecule has 0 unspecified atom stereocenters. The van der Waals surface area contributed by atoms with Crippen molar-refractivity contribution in [2.75, 3.05) is 37.7 Å². The number of aryl methyl sites for hydroxylation is 1. The van der Waals surface area contributed by atoms with Crippen LogP contribution >= 0.6 is 11.6 Å². The molecule has 1 aliphatic rings. The molecule has 0 N–H and O–H groups in total. The van der Waals surface area contributed by atoms with Crippen LogP contribution in [-0.2, 0) is 4.79 Å². The van der Waals surface area contributed by atoms with Crippen molar-refractivity contribution in [3.05, 3.63) is 59.2 Å². The molecule has 6 nitrogen and oxygen atoms in total. The number of para-hydroxylation sites is 2. The number of amides is 1. The number of hydrogen-bond donors (Lipinski definition) is 0. The first-order valence-corrected chi connectivity index (χ1v) is 9.61. The van der Waals surface area contributed by atoms with E-state index < -0.39 is 0 Å². The fourth-order valence-corrected chi connectivity index (χ4v) is 3.35. The molecule has 1 aliphatic heterocycles. The number of fused-ring (bicyclic) bond motifs is 1. The first kappa shape index (κ1) is 18.5. The normalized spacial score (nSPS) is 14.4. The molecule has 2 aromatic carbocycles. The van der Waals surface area contributed by atoms with Crippen molar-refractivity contribution in [3.8, 4) is 5.75 Å². The van der Waals surface area contributed by atoms with E-state index in [4.69, 9.17) is 16.3 Å². The van der Waals surface area contributed by atoms with Crippen LogP contribution in [0.5, 0.6) is 5.75 Å². The zero-order valence-corrected chi connectivity index (χ0v) is 16.4. The van der Waals surface area contributed by atoms with E-state index in [-0.39, 0.29) is 12.5 Å². The summed E-state index contributed by atoms with van der Waals surface area (Å²) in [4.78, 5) is 25.6. The Balaban J connectivity index is 1.32. The minimum atomic E-state index is -0.0168. The largest absolute Gasteiger partial charge is 0.484 e. The number of ether oxygens (including phenoxy) is 1. The van der Waals surface area contributed by atoms with Crippen molar-refractivity contribution in [1.29, 1.82) is 0 Å². The van der Waals surface area contributed by atoms with Crippen molar-refractivity contribution in [2.24, 2.45) is 0 Å². The van der Waals surface area contributed by atoms with E-state index in [0.29, 0.717) is 23.9 Å². The van der Waals surface area contributed by atoms with Crippen molar-refractivity contribution in [3.63, 3.8) is 0 Å². The molecule has 0 spiro atoms. The van der Waals surface area contributed by atoms with E-state index in [9.17, 15) is 4.79 Å². The first-order valence-electron chi connectivity index (χ1n) is 9.23. The lowest BCUT2D eigenvalue weighted by molar-refractivity contribution is -0.133. The molecular formula is C21H21ClN4O2. The average Bonchev–Trinajstić information content (AvgIpc) is 2.74. The van der Waals surface area contributed by atoms with E-state index in [0.717, 1.165) is 35.5 Å². The lowest BCUT2D eigenvalue weighted by Crippen LogP contribution is -2.50. The zero-order chi connectivity index (χ0) is 19.5. The second kappa shape index (κ2) is 8.02. The summed E-state index contributed by atoms with van der Waals surface area (Å²) in [5.74, 6) is 1.48. The van der Waals surface area contributed by atoms with Gasteiger partial charge in [-0.15, -0.1) is 0 Å². The lowest BCUT2D eigenvalue weighted by atomic mass is 10.2. The van der Waals surface area contributed by atoms with Gasteiger partial charge >= 0.3 is 0 Å². The molecule has 0 aliphatic carbocycles.